The zero-order valence-corrected chi connectivity index (χ0v) is 9.87. The zero-order chi connectivity index (χ0) is 13.0. The van der Waals surface area contributed by atoms with Gasteiger partial charge in [-0.25, -0.2) is 9.48 Å². The lowest BCUT2D eigenvalue weighted by molar-refractivity contribution is 0.0600. The molecule has 0 N–H and O–H groups in total. The standard InChI is InChI=1S/C13H12N2O3/c1-18-13(17)11-6-4-10(5-7-11)9-15-12(16)3-2-8-14-15/h2-8H,9H2,1H3. The van der Waals surface area contributed by atoms with Crippen LogP contribution in [0, 0.1) is 0 Å². The molecule has 1 aromatic heterocycles. The fourth-order valence-electron chi connectivity index (χ4n) is 1.54. The number of carbonyl (C=O) groups excluding carboxylic acids is 1. The summed E-state index contributed by atoms with van der Waals surface area (Å²) >= 11 is 0. The Morgan fingerprint density at radius 3 is 2.61 bits per heavy atom. The molecular weight excluding hydrogens is 232 g/mol. The van der Waals surface area contributed by atoms with Crippen LogP contribution in [0.3, 0.4) is 0 Å². The Balaban J connectivity index is 2.19. The van der Waals surface area contributed by atoms with Gasteiger partial charge in [-0.3, -0.25) is 4.79 Å². The van der Waals surface area contributed by atoms with E-state index in [0.29, 0.717) is 12.1 Å². The van der Waals surface area contributed by atoms with Crippen LogP contribution < -0.4 is 5.56 Å². The van der Waals surface area contributed by atoms with Crippen LogP contribution in [0.4, 0.5) is 0 Å². The van der Waals surface area contributed by atoms with Crippen molar-refractivity contribution in [3.63, 3.8) is 0 Å². The number of carbonyl (C=O) groups is 1. The van der Waals surface area contributed by atoms with Gasteiger partial charge in [-0.2, -0.15) is 5.10 Å². The first-order valence-electron chi connectivity index (χ1n) is 5.40. The van der Waals surface area contributed by atoms with Gasteiger partial charge in [-0.05, 0) is 23.8 Å². The number of benzene rings is 1. The number of hydrogen-bond acceptors (Lipinski definition) is 4. The highest BCUT2D eigenvalue weighted by Crippen LogP contribution is 2.06. The van der Waals surface area contributed by atoms with Crippen LogP contribution in [0.25, 0.3) is 0 Å². The highest BCUT2D eigenvalue weighted by molar-refractivity contribution is 5.89. The molecule has 0 bridgehead atoms. The third kappa shape index (κ3) is 2.63. The summed E-state index contributed by atoms with van der Waals surface area (Å²) in [4.78, 5) is 22.7. The smallest absolute Gasteiger partial charge is 0.337 e. The molecule has 2 aromatic rings. The Morgan fingerprint density at radius 2 is 2.00 bits per heavy atom. The Morgan fingerprint density at radius 1 is 1.28 bits per heavy atom. The molecule has 0 atom stereocenters. The van der Waals surface area contributed by atoms with Gasteiger partial charge < -0.3 is 4.74 Å². The van der Waals surface area contributed by atoms with Crippen molar-refractivity contribution in [2.24, 2.45) is 0 Å². The maximum absolute atomic E-state index is 11.5. The topological polar surface area (TPSA) is 61.2 Å². The first kappa shape index (κ1) is 12.0. The SMILES string of the molecule is COC(=O)c1ccc(Cn2ncccc2=O)cc1. The number of nitrogens with zero attached hydrogens (tertiary/aromatic N) is 2. The summed E-state index contributed by atoms with van der Waals surface area (Å²) in [5.41, 5.74) is 1.22. The van der Waals surface area contributed by atoms with Gasteiger partial charge in [0.1, 0.15) is 0 Å². The lowest BCUT2D eigenvalue weighted by Crippen LogP contribution is -2.21. The average molecular weight is 244 g/mol. The molecule has 0 radical (unpaired) electrons. The van der Waals surface area contributed by atoms with Crippen molar-refractivity contribution in [2.45, 2.75) is 6.54 Å². The van der Waals surface area contributed by atoms with E-state index in [2.05, 4.69) is 9.84 Å². The van der Waals surface area contributed by atoms with Crippen LogP contribution in [0.2, 0.25) is 0 Å². The Kier molecular flexibility index (Phi) is 3.52. The number of hydrogen-bond donors (Lipinski definition) is 0. The summed E-state index contributed by atoms with van der Waals surface area (Å²) in [6.45, 7) is 0.376. The fraction of sp³-hybridized carbons (Fsp3) is 0.154. The molecule has 0 aliphatic carbocycles. The molecule has 1 aromatic carbocycles. The van der Waals surface area contributed by atoms with Gasteiger partial charge in [0.05, 0.1) is 19.2 Å². The molecule has 0 unspecified atom stereocenters. The molecule has 0 fully saturated rings. The van der Waals surface area contributed by atoms with E-state index in [9.17, 15) is 9.59 Å². The zero-order valence-electron chi connectivity index (χ0n) is 9.87. The number of esters is 1. The first-order valence-corrected chi connectivity index (χ1v) is 5.40. The molecule has 0 spiro atoms. The molecular formula is C13H12N2O3. The molecule has 0 aliphatic heterocycles. The second-order valence-corrected chi connectivity index (χ2v) is 3.71. The molecule has 0 aliphatic rings. The minimum absolute atomic E-state index is 0.158. The third-order valence-corrected chi connectivity index (χ3v) is 2.49. The normalized spacial score (nSPS) is 10.1. The van der Waals surface area contributed by atoms with E-state index in [-0.39, 0.29) is 11.5 Å². The number of rotatable bonds is 3. The number of ether oxygens (including phenoxy) is 1. The molecule has 5 nitrogen and oxygen atoms in total. The molecule has 0 saturated heterocycles. The largest absolute Gasteiger partial charge is 0.465 e. The van der Waals surface area contributed by atoms with Crippen molar-refractivity contribution in [1.29, 1.82) is 0 Å². The van der Waals surface area contributed by atoms with Crippen molar-refractivity contribution >= 4 is 5.97 Å². The quantitative estimate of drug-likeness (QED) is 0.758. The van der Waals surface area contributed by atoms with Crippen molar-refractivity contribution in [2.75, 3.05) is 7.11 Å². The minimum Gasteiger partial charge on any atom is -0.465 e. The maximum Gasteiger partial charge on any atom is 0.337 e. The van der Waals surface area contributed by atoms with Crippen molar-refractivity contribution in [1.82, 2.24) is 9.78 Å². The summed E-state index contributed by atoms with van der Waals surface area (Å²) in [6.07, 6.45) is 1.56. The van der Waals surface area contributed by atoms with Gasteiger partial charge in [0.25, 0.3) is 5.56 Å². The van der Waals surface area contributed by atoms with Gasteiger partial charge in [0.2, 0.25) is 0 Å². The van der Waals surface area contributed by atoms with E-state index in [0.717, 1.165) is 5.56 Å². The summed E-state index contributed by atoms with van der Waals surface area (Å²) in [5.74, 6) is -0.378. The molecule has 5 heteroatoms. The van der Waals surface area contributed by atoms with Gasteiger partial charge in [-0.1, -0.05) is 12.1 Å². The van der Waals surface area contributed by atoms with E-state index in [1.807, 2.05) is 0 Å². The van der Waals surface area contributed by atoms with Crippen LogP contribution in [-0.4, -0.2) is 22.9 Å². The Labute approximate surface area is 104 Å². The van der Waals surface area contributed by atoms with Crippen molar-refractivity contribution in [3.8, 4) is 0 Å². The average Bonchev–Trinajstić information content (AvgIpc) is 2.41. The summed E-state index contributed by atoms with van der Waals surface area (Å²) in [7, 11) is 1.34. The molecule has 0 amide bonds. The number of methoxy groups -OCH3 is 1. The van der Waals surface area contributed by atoms with Gasteiger partial charge in [-0.15, -0.1) is 0 Å². The molecule has 18 heavy (non-hydrogen) atoms. The molecule has 92 valence electrons. The van der Waals surface area contributed by atoms with Crippen molar-refractivity contribution in [3.05, 3.63) is 64.1 Å². The van der Waals surface area contributed by atoms with Gasteiger partial charge in [0.15, 0.2) is 0 Å². The first-order chi connectivity index (χ1) is 8.70. The van der Waals surface area contributed by atoms with Crippen LogP contribution in [0.15, 0.2) is 47.4 Å². The van der Waals surface area contributed by atoms with Crippen LogP contribution in [0.1, 0.15) is 15.9 Å². The number of aromatic nitrogens is 2. The van der Waals surface area contributed by atoms with E-state index in [4.69, 9.17) is 0 Å². The second-order valence-electron chi connectivity index (χ2n) is 3.71. The fourth-order valence-corrected chi connectivity index (χ4v) is 1.54. The van der Waals surface area contributed by atoms with E-state index in [1.165, 1.54) is 17.9 Å². The lowest BCUT2D eigenvalue weighted by Gasteiger charge is -2.04. The van der Waals surface area contributed by atoms with Gasteiger partial charge >= 0.3 is 5.97 Å². The predicted octanol–water partition coefficient (Wildman–Crippen LogP) is 1.08. The van der Waals surface area contributed by atoms with E-state index in [1.54, 1.807) is 36.5 Å². The maximum atomic E-state index is 11.5. The highest BCUT2D eigenvalue weighted by atomic mass is 16.5. The summed E-state index contributed by atoms with van der Waals surface area (Å²) < 4.78 is 5.96. The predicted molar refractivity (Wildman–Crippen MR) is 65.4 cm³/mol. The van der Waals surface area contributed by atoms with Crippen LogP contribution in [0.5, 0.6) is 0 Å². The van der Waals surface area contributed by atoms with E-state index < -0.39 is 0 Å². The third-order valence-electron chi connectivity index (χ3n) is 2.49. The Bertz CT molecular complexity index is 602. The lowest BCUT2D eigenvalue weighted by atomic mass is 10.1. The summed E-state index contributed by atoms with van der Waals surface area (Å²) in [5, 5.41) is 3.96. The Hall–Kier alpha value is -2.43. The summed E-state index contributed by atoms with van der Waals surface area (Å²) in [6, 6.07) is 9.92. The van der Waals surface area contributed by atoms with Crippen molar-refractivity contribution < 1.29 is 9.53 Å². The molecule has 0 saturated carbocycles. The monoisotopic (exact) mass is 244 g/mol. The minimum atomic E-state index is -0.378. The molecule has 1 heterocycles. The van der Waals surface area contributed by atoms with Crippen LogP contribution >= 0.6 is 0 Å². The van der Waals surface area contributed by atoms with E-state index >= 15 is 0 Å². The highest BCUT2D eigenvalue weighted by Gasteiger charge is 2.04. The molecule has 2 rings (SSSR count). The van der Waals surface area contributed by atoms with Crippen LogP contribution in [-0.2, 0) is 11.3 Å². The second kappa shape index (κ2) is 5.27. The van der Waals surface area contributed by atoms with Gasteiger partial charge in [0, 0.05) is 12.3 Å².